The van der Waals surface area contributed by atoms with Crippen LogP contribution in [0, 0.1) is 0 Å². The van der Waals surface area contributed by atoms with Gasteiger partial charge in [-0.15, -0.1) is 0 Å². The fourth-order valence-corrected chi connectivity index (χ4v) is 2.74. The molecular weight excluding hydrogens is 473 g/mol. The second-order valence-corrected chi connectivity index (χ2v) is 7.54. The van der Waals surface area contributed by atoms with E-state index < -0.39 is 11.9 Å². The summed E-state index contributed by atoms with van der Waals surface area (Å²) in [5.74, 6) is -0.990. The van der Waals surface area contributed by atoms with Gasteiger partial charge in [-0.25, -0.2) is 9.59 Å². The Hall–Kier alpha value is -3.46. The zero-order valence-electron chi connectivity index (χ0n) is 16.2. The maximum absolute atomic E-state index is 12.6. The first-order chi connectivity index (χ1) is 15.3. The van der Waals surface area contributed by atoms with Crippen molar-refractivity contribution in [3.63, 3.8) is 0 Å². The van der Waals surface area contributed by atoms with Crippen LogP contribution in [0.15, 0.2) is 71.8 Å². The summed E-state index contributed by atoms with van der Waals surface area (Å²) in [5, 5.41) is 4.81. The van der Waals surface area contributed by atoms with E-state index in [1.807, 2.05) is 0 Å². The molecule has 3 aromatic rings. The van der Waals surface area contributed by atoms with E-state index in [2.05, 4.69) is 10.5 Å². The molecule has 0 unspecified atom stereocenters. The van der Waals surface area contributed by atoms with Gasteiger partial charge >= 0.3 is 11.9 Å². The molecule has 32 heavy (non-hydrogen) atoms. The number of esters is 2. The molecule has 0 aliphatic heterocycles. The monoisotopic (exact) mass is 487 g/mol. The predicted molar refractivity (Wildman–Crippen MR) is 127 cm³/mol. The Kier molecular flexibility index (Phi) is 7.77. The quantitative estimate of drug-likeness (QED) is 0.172. The molecule has 10 heteroatoms. The van der Waals surface area contributed by atoms with Crippen molar-refractivity contribution in [3.05, 3.63) is 93.5 Å². The summed E-state index contributed by atoms with van der Waals surface area (Å²) in [7, 11) is 0. The number of hydrogen-bond donors (Lipinski definition) is 2. The molecule has 0 atom stereocenters. The molecule has 0 amide bonds. The predicted octanol–water partition coefficient (Wildman–Crippen LogP) is 4.60. The van der Waals surface area contributed by atoms with Gasteiger partial charge < -0.3 is 15.2 Å². The summed E-state index contributed by atoms with van der Waals surface area (Å²) < 4.78 is 10.9. The van der Waals surface area contributed by atoms with Gasteiger partial charge in [0, 0.05) is 21.7 Å². The number of hydrogen-bond acceptors (Lipinski definition) is 6. The molecule has 0 aromatic heterocycles. The van der Waals surface area contributed by atoms with E-state index in [0.29, 0.717) is 21.2 Å². The standard InChI is InChI=1S/C22H15Cl2N3O4S/c23-16-6-1-13(2-7-16)20(28)30-18-10-5-15(12-26-27-22(25)32)19(11-18)31-21(29)14-3-8-17(24)9-4-14/h1-12H,(H3,25,27,32)/b26-12+. The normalized spacial score (nSPS) is 10.6. The van der Waals surface area contributed by atoms with Crippen LogP contribution in [0.1, 0.15) is 26.3 Å². The zero-order chi connectivity index (χ0) is 23.1. The maximum atomic E-state index is 12.6. The fraction of sp³-hybridized carbons (Fsp3) is 0. The first-order valence-electron chi connectivity index (χ1n) is 9.00. The summed E-state index contributed by atoms with van der Waals surface area (Å²) in [5.41, 5.74) is 8.76. The van der Waals surface area contributed by atoms with Crippen LogP contribution in [0.3, 0.4) is 0 Å². The molecular formula is C22H15Cl2N3O4S. The minimum absolute atomic E-state index is 0.0329. The summed E-state index contributed by atoms with van der Waals surface area (Å²) >= 11 is 16.4. The van der Waals surface area contributed by atoms with Crippen LogP contribution in [0.25, 0.3) is 0 Å². The molecule has 0 saturated carbocycles. The van der Waals surface area contributed by atoms with Crippen molar-refractivity contribution in [2.45, 2.75) is 0 Å². The van der Waals surface area contributed by atoms with Crippen LogP contribution in [0.5, 0.6) is 11.5 Å². The third-order valence-electron chi connectivity index (χ3n) is 3.94. The van der Waals surface area contributed by atoms with Crippen molar-refractivity contribution in [3.8, 4) is 11.5 Å². The lowest BCUT2D eigenvalue weighted by molar-refractivity contribution is 0.0732. The Morgan fingerprint density at radius 3 is 1.94 bits per heavy atom. The smallest absolute Gasteiger partial charge is 0.343 e. The van der Waals surface area contributed by atoms with Gasteiger partial charge in [-0.05, 0) is 72.9 Å². The van der Waals surface area contributed by atoms with E-state index in [1.54, 1.807) is 30.3 Å². The maximum Gasteiger partial charge on any atom is 0.343 e. The van der Waals surface area contributed by atoms with Crippen molar-refractivity contribution in [1.82, 2.24) is 5.43 Å². The molecule has 162 valence electrons. The molecule has 0 radical (unpaired) electrons. The lowest BCUT2D eigenvalue weighted by Crippen LogP contribution is -2.24. The molecule has 0 fully saturated rings. The Morgan fingerprint density at radius 2 is 1.41 bits per heavy atom. The number of ether oxygens (including phenoxy) is 2. The minimum atomic E-state index is -0.639. The third-order valence-corrected chi connectivity index (χ3v) is 4.53. The number of thiocarbonyl (C=S) groups is 1. The highest BCUT2D eigenvalue weighted by atomic mass is 35.5. The molecule has 0 aliphatic rings. The number of carbonyl (C=O) groups excluding carboxylic acids is 2. The van der Waals surface area contributed by atoms with Crippen LogP contribution in [0.2, 0.25) is 10.0 Å². The van der Waals surface area contributed by atoms with Gasteiger partial charge in [0.25, 0.3) is 0 Å². The van der Waals surface area contributed by atoms with Gasteiger partial charge in [-0.1, -0.05) is 23.2 Å². The molecule has 7 nitrogen and oxygen atoms in total. The van der Waals surface area contributed by atoms with Gasteiger partial charge in [-0.2, -0.15) is 5.10 Å². The van der Waals surface area contributed by atoms with Gasteiger partial charge in [0.15, 0.2) is 5.11 Å². The van der Waals surface area contributed by atoms with Crippen LogP contribution >= 0.6 is 35.4 Å². The SMILES string of the molecule is NC(=S)N/N=C/c1ccc(OC(=O)c2ccc(Cl)cc2)cc1OC(=O)c1ccc(Cl)cc1. The highest BCUT2D eigenvalue weighted by molar-refractivity contribution is 7.80. The average Bonchev–Trinajstić information content (AvgIpc) is 2.76. The van der Waals surface area contributed by atoms with E-state index in [9.17, 15) is 9.59 Å². The van der Waals surface area contributed by atoms with Crippen LogP contribution in [-0.4, -0.2) is 23.3 Å². The Labute approximate surface area is 198 Å². The second-order valence-electron chi connectivity index (χ2n) is 6.23. The second kappa shape index (κ2) is 10.7. The van der Waals surface area contributed by atoms with Gasteiger partial charge in [0.1, 0.15) is 11.5 Å². The van der Waals surface area contributed by atoms with E-state index in [-0.39, 0.29) is 22.2 Å². The molecule has 0 aliphatic carbocycles. The Morgan fingerprint density at radius 1 is 0.875 bits per heavy atom. The van der Waals surface area contributed by atoms with Crippen molar-refractivity contribution in [2.75, 3.05) is 0 Å². The highest BCUT2D eigenvalue weighted by Crippen LogP contribution is 2.26. The number of nitrogens with one attached hydrogen (secondary N) is 1. The highest BCUT2D eigenvalue weighted by Gasteiger charge is 2.15. The summed E-state index contributed by atoms with van der Waals surface area (Å²) in [6, 6.07) is 16.9. The molecule has 0 heterocycles. The fourth-order valence-electron chi connectivity index (χ4n) is 2.44. The van der Waals surface area contributed by atoms with Gasteiger partial charge in [0.2, 0.25) is 0 Å². The molecule has 0 bridgehead atoms. The topological polar surface area (TPSA) is 103 Å². The Bertz CT molecular complexity index is 1180. The van der Waals surface area contributed by atoms with Gasteiger partial charge in [-0.3, -0.25) is 5.43 Å². The summed E-state index contributed by atoms with van der Waals surface area (Å²) in [6.45, 7) is 0. The number of halogens is 2. The number of nitrogens with zero attached hydrogens (tertiary/aromatic N) is 1. The number of benzene rings is 3. The molecule has 3 N–H and O–H groups in total. The zero-order valence-corrected chi connectivity index (χ0v) is 18.6. The van der Waals surface area contributed by atoms with Crippen LogP contribution < -0.4 is 20.6 Å². The number of carbonyl (C=O) groups is 2. The summed E-state index contributed by atoms with van der Waals surface area (Å²) in [4.78, 5) is 25.0. The average molecular weight is 488 g/mol. The summed E-state index contributed by atoms with van der Waals surface area (Å²) in [6.07, 6.45) is 1.36. The number of rotatable bonds is 6. The first kappa shape index (κ1) is 23.2. The minimum Gasteiger partial charge on any atom is -0.423 e. The number of hydrazone groups is 1. The van der Waals surface area contributed by atoms with Crippen molar-refractivity contribution >= 4 is 58.7 Å². The molecule has 0 saturated heterocycles. The lowest BCUT2D eigenvalue weighted by Gasteiger charge is -2.11. The Balaban J connectivity index is 1.86. The van der Waals surface area contributed by atoms with E-state index in [0.717, 1.165) is 0 Å². The van der Waals surface area contributed by atoms with E-state index in [4.69, 9.17) is 50.6 Å². The van der Waals surface area contributed by atoms with Crippen LogP contribution in [0.4, 0.5) is 0 Å². The van der Waals surface area contributed by atoms with Crippen LogP contribution in [-0.2, 0) is 0 Å². The lowest BCUT2D eigenvalue weighted by atomic mass is 10.2. The third kappa shape index (κ3) is 6.52. The first-order valence-corrected chi connectivity index (χ1v) is 10.2. The molecule has 3 rings (SSSR count). The van der Waals surface area contributed by atoms with Crippen molar-refractivity contribution < 1.29 is 19.1 Å². The largest absolute Gasteiger partial charge is 0.423 e. The van der Waals surface area contributed by atoms with E-state index >= 15 is 0 Å². The van der Waals surface area contributed by atoms with Crippen molar-refractivity contribution in [2.24, 2.45) is 10.8 Å². The molecule has 0 spiro atoms. The van der Waals surface area contributed by atoms with Crippen molar-refractivity contribution in [1.29, 1.82) is 0 Å². The number of nitrogens with two attached hydrogens (primary N) is 1. The van der Waals surface area contributed by atoms with E-state index in [1.165, 1.54) is 42.6 Å². The van der Waals surface area contributed by atoms with Gasteiger partial charge in [0.05, 0.1) is 17.3 Å². The molecule has 3 aromatic carbocycles.